The third-order valence-corrected chi connectivity index (χ3v) is 6.26. The van der Waals surface area contributed by atoms with E-state index in [1.54, 1.807) is 30.3 Å². The first kappa shape index (κ1) is 23.3. The molecule has 1 atom stereocenters. The van der Waals surface area contributed by atoms with E-state index in [4.69, 9.17) is 21.1 Å². The maximum atomic E-state index is 13.4. The molecular formula is C26H20ClN3O6. The van der Waals surface area contributed by atoms with Gasteiger partial charge < -0.3 is 24.7 Å². The number of aromatic nitrogens is 2. The van der Waals surface area contributed by atoms with E-state index >= 15 is 0 Å². The van der Waals surface area contributed by atoms with Crippen molar-refractivity contribution in [1.29, 1.82) is 0 Å². The number of ether oxygens (including phenoxy) is 2. The predicted molar refractivity (Wildman–Crippen MR) is 134 cm³/mol. The molecule has 0 spiro atoms. The number of carbonyl (C=O) groups is 2. The Labute approximate surface area is 210 Å². The van der Waals surface area contributed by atoms with Crippen LogP contribution < -0.4 is 14.4 Å². The summed E-state index contributed by atoms with van der Waals surface area (Å²) < 4.78 is 10.6. The van der Waals surface area contributed by atoms with Crippen molar-refractivity contribution in [2.45, 2.75) is 6.04 Å². The van der Waals surface area contributed by atoms with Crippen LogP contribution in [0.3, 0.4) is 0 Å². The largest absolute Gasteiger partial charge is 0.508 e. The first-order chi connectivity index (χ1) is 17.3. The molecular weight excluding hydrogens is 486 g/mol. The zero-order chi connectivity index (χ0) is 25.6. The highest BCUT2D eigenvalue weighted by Gasteiger charge is 2.48. The number of aromatic amines is 1. The van der Waals surface area contributed by atoms with Gasteiger partial charge >= 0.3 is 5.91 Å². The summed E-state index contributed by atoms with van der Waals surface area (Å²) in [4.78, 5) is 35.4. The Morgan fingerprint density at radius 1 is 1.03 bits per heavy atom. The molecule has 3 N–H and O–H groups in total. The highest BCUT2D eigenvalue weighted by molar-refractivity contribution is 6.51. The third-order valence-electron chi connectivity index (χ3n) is 5.96. The van der Waals surface area contributed by atoms with Gasteiger partial charge in [0.25, 0.3) is 5.78 Å². The number of benzene rings is 3. The van der Waals surface area contributed by atoms with Gasteiger partial charge in [-0.1, -0.05) is 35.9 Å². The second kappa shape index (κ2) is 8.94. The number of hydrogen-bond acceptors (Lipinski definition) is 7. The number of phenols is 1. The molecule has 36 heavy (non-hydrogen) atoms. The molecule has 4 aromatic rings. The number of rotatable bonds is 5. The number of nitrogens with one attached hydrogen (secondary N) is 1. The highest BCUT2D eigenvalue weighted by atomic mass is 35.5. The van der Waals surface area contributed by atoms with Crippen molar-refractivity contribution in [1.82, 2.24) is 9.97 Å². The smallest absolute Gasteiger partial charge is 0.302 e. The minimum Gasteiger partial charge on any atom is -0.508 e. The number of anilines is 1. The van der Waals surface area contributed by atoms with E-state index < -0.39 is 23.5 Å². The molecule has 9 nitrogen and oxygen atoms in total. The fourth-order valence-electron chi connectivity index (χ4n) is 4.30. The van der Waals surface area contributed by atoms with Crippen LogP contribution in [-0.2, 0) is 9.59 Å². The van der Waals surface area contributed by atoms with Crippen LogP contribution in [0.2, 0.25) is 5.02 Å². The molecule has 0 bridgehead atoms. The van der Waals surface area contributed by atoms with Crippen LogP contribution in [0, 0.1) is 0 Å². The number of aromatic hydroxyl groups is 1. The molecule has 3 aromatic carbocycles. The summed E-state index contributed by atoms with van der Waals surface area (Å²) in [6.45, 7) is 0. The standard InChI is InChI=1S/C26H20ClN3O6/c1-35-19-12-20(36-2)16(27)11-15(19)23(32)21-22(13-6-5-7-14(31)10-13)30(25(34)24(21)33)26-28-17-8-3-4-9-18(17)29-26/h3-12,22,31-32H,1-2H3,(H,28,29)/b23-21+. The van der Waals surface area contributed by atoms with Gasteiger partial charge in [-0.15, -0.1) is 0 Å². The Balaban J connectivity index is 1.77. The van der Waals surface area contributed by atoms with Gasteiger partial charge in [0.15, 0.2) is 0 Å². The van der Waals surface area contributed by atoms with Gasteiger partial charge in [-0.25, -0.2) is 4.98 Å². The summed E-state index contributed by atoms with van der Waals surface area (Å²) in [5, 5.41) is 21.7. The Hall–Kier alpha value is -4.50. The second-order valence-electron chi connectivity index (χ2n) is 8.03. The quantitative estimate of drug-likeness (QED) is 0.206. The van der Waals surface area contributed by atoms with Crippen LogP contribution in [0.15, 0.2) is 66.2 Å². The average Bonchev–Trinajstić information content (AvgIpc) is 3.41. The van der Waals surface area contributed by atoms with E-state index in [1.165, 1.54) is 43.4 Å². The summed E-state index contributed by atoms with van der Waals surface area (Å²) in [6.07, 6.45) is 0. The van der Waals surface area contributed by atoms with Gasteiger partial charge in [-0.2, -0.15) is 0 Å². The summed E-state index contributed by atoms with van der Waals surface area (Å²) in [6, 6.07) is 15.0. The van der Waals surface area contributed by atoms with Gasteiger partial charge in [-0.3, -0.25) is 14.5 Å². The van der Waals surface area contributed by atoms with Crippen molar-refractivity contribution in [2.24, 2.45) is 0 Å². The van der Waals surface area contributed by atoms with Crippen LogP contribution in [-0.4, -0.2) is 46.1 Å². The number of fused-ring (bicyclic) bond motifs is 1. The summed E-state index contributed by atoms with van der Waals surface area (Å²) in [5.41, 5.74) is 1.51. The molecule has 1 saturated heterocycles. The molecule has 0 radical (unpaired) electrons. The first-order valence-electron chi connectivity index (χ1n) is 10.8. The van der Waals surface area contributed by atoms with Crippen molar-refractivity contribution < 1.29 is 29.3 Å². The fraction of sp³-hybridized carbons (Fsp3) is 0.115. The summed E-state index contributed by atoms with van der Waals surface area (Å²) in [5.74, 6) is -1.81. The molecule has 1 aliphatic rings. The predicted octanol–water partition coefficient (Wildman–Crippen LogP) is 4.57. The zero-order valence-corrected chi connectivity index (χ0v) is 19.9. The van der Waals surface area contributed by atoms with Crippen molar-refractivity contribution in [3.8, 4) is 17.2 Å². The maximum absolute atomic E-state index is 13.4. The van der Waals surface area contributed by atoms with E-state index in [0.29, 0.717) is 22.3 Å². The van der Waals surface area contributed by atoms with Crippen molar-refractivity contribution in [3.63, 3.8) is 0 Å². The number of aliphatic hydroxyl groups excluding tert-OH is 1. The molecule has 1 fully saturated rings. The number of H-pyrrole nitrogens is 1. The SMILES string of the molecule is COc1cc(OC)c(/C(O)=C2\C(=O)C(=O)N(c3nc4ccccc4[nH]3)C2c2cccc(O)c2)cc1Cl. The number of amides is 1. The van der Waals surface area contributed by atoms with E-state index in [-0.39, 0.29) is 33.6 Å². The van der Waals surface area contributed by atoms with Crippen LogP contribution in [0.5, 0.6) is 17.2 Å². The number of aliphatic hydroxyl groups is 1. The number of ketones is 1. The number of carbonyl (C=O) groups excluding carboxylic acids is 2. The number of hydrogen-bond donors (Lipinski definition) is 3. The van der Waals surface area contributed by atoms with Crippen molar-refractivity contribution >= 4 is 46.0 Å². The maximum Gasteiger partial charge on any atom is 0.302 e. The minimum atomic E-state index is -1.11. The van der Waals surface area contributed by atoms with E-state index in [1.807, 2.05) is 6.07 Å². The number of halogens is 1. The molecule has 182 valence electrons. The Morgan fingerprint density at radius 2 is 1.78 bits per heavy atom. The van der Waals surface area contributed by atoms with Crippen LogP contribution >= 0.6 is 11.6 Å². The average molecular weight is 506 g/mol. The molecule has 10 heteroatoms. The zero-order valence-electron chi connectivity index (χ0n) is 19.2. The van der Waals surface area contributed by atoms with E-state index in [2.05, 4.69) is 9.97 Å². The van der Waals surface area contributed by atoms with E-state index in [9.17, 15) is 19.8 Å². The second-order valence-corrected chi connectivity index (χ2v) is 8.44. The van der Waals surface area contributed by atoms with Crippen LogP contribution in [0.1, 0.15) is 17.2 Å². The number of imidazole rings is 1. The first-order valence-corrected chi connectivity index (χ1v) is 11.2. The minimum absolute atomic E-state index is 0.0761. The van der Waals surface area contributed by atoms with Gasteiger partial charge in [0.05, 0.1) is 47.5 Å². The number of phenolic OH excluding ortho intramolecular Hbond substituents is 1. The van der Waals surface area contributed by atoms with Crippen molar-refractivity contribution in [2.75, 3.05) is 19.1 Å². The van der Waals surface area contributed by atoms with Gasteiger partial charge in [0.1, 0.15) is 23.0 Å². The number of para-hydroxylation sites is 2. The summed E-state index contributed by atoms with van der Waals surface area (Å²) >= 11 is 6.29. The monoisotopic (exact) mass is 505 g/mol. The Bertz CT molecular complexity index is 1530. The number of nitrogens with zero attached hydrogens (tertiary/aromatic N) is 2. The highest BCUT2D eigenvalue weighted by Crippen LogP contribution is 2.44. The van der Waals surface area contributed by atoms with Crippen LogP contribution in [0.25, 0.3) is 16.8 Å². The molecule has 1 aromatic heterocycles. The topological polar surface area (TPSA) is 125 Å². The fourth-order valence-corrected chi connectivity index (χ4v) is 4.55. The molecule has 5 rings (SSSR count). The molecule has 1 amide bonds. The van der Waals surface area contributed by atoms with E-state index in [0.717, 1.165) is 0 Å². The van der Waals surface area contributed by atoms with Crippen LogP contribution in [0.4, 0.5) is 5.95 Å². The third kappa shape index (κ3) is 3.70. The number of Topliss-reactive ketones (excluding diaryl/α,β-unsaturated/α-hetero) is 1. The van der Waals surface area contributed by atoms with Crippen molar-refractivity contribution in [3.05, 3.63) is 82.4 Å². The van der Waals surface area contributed by atoms with Gasteiger partial charge in [0.2, 0.25) is 5.95 Å². The molecule has 1 aliphatic heterocycles. The molecule has 1 unspecified atom stereocenters. The lowest BCUT2D eigenvalue weighted by atomic mass is 9.95. The Kier molecular flexibility index (Phi) is 5.77. The normalized spacial score (nSPS) is 17.1. The van der Waals surface area contributed by atoms with Gasteiger partial charge in [0, 0.05) is 6.07 Å². The molecule has 2 heterocycles. The summed E-state index contributed by atoms with van der Waals surface area (Å²) in [7, 11) is 2.82. The molecule has 0 aliphatic carbocycles. The van der Waals surface area contributed by atoms with Gasteiger partial charge in [-0.05, 0) is 35.9 Å². The lowest BCUT2D eigenvalue weighted by Crippen LogP contribution is -2.30. The molecule has 0 saturated carbocycles. The lowest BCUT2D eigenvalue weighted by Gasteiger charge is -2.23. The Morgan fingerprint density at radius 3 is 2.47 bits per heavy atom. The lowest BCUT2D eigenvalue weighted by molar-refractivity contribution is -0.132. The number of methoxy groups -OCH3 is 2.